The predicted molar refractivity (Wildman–Crippen MR) is 80.5 cm³/mol. The molecular formula is C13H12IN5. The van der Waals surface area contributed by atoms with Crippen LogP contribution in [0.2, 0.25) is 0 Å². The lowest BCUT2D eigenvalue weighted by Crippen LogP contribution is -2.01. The lowest BCUT2D eigenvalue weighted by atomic mass is 10.2. The first-order valence-electron chi connectivity index (χ1n) is 5.84. The molecule has 0 unspecified atom stereocenters. The zero-order valence-corrected chi connectivity index (χ0v) is 12.5. The highest BCUT2D eigenvalue weighted by Gasteiger charge is 2.07. The second-order valence-electron chi connectivity index (χ2n) is 4.27. The molecule has 3 aromatic rings. The maximum atomic E-state index is 4.42. The summed E-state index contributed by atoms with van der Waals surface area (Å²) in [6, 6.07) is 8.32. The highest BCUT2D eigenvalue weighted by Crippen LogP contribution is 2.19. The van der Waals surface area contributed by atoms with Crippen LogP contribution < -0.4 is 0 Å². The molecule has 3 rings (SSSR count). The molecule has 0 fully saturated rings. The van der Waals surface area contributed by atoms with Gasteiger partial charge in [0.05, 0.1) is 6.54 Å². The van der Waals surface area contributed by atoms with Gasteiger partial charge in [-0.3, -0.25) is 4.68 Å². The fraction of sp³-hybridized carbons (Fsp3) is 0.154. The van der Waals surface area contributed by atoms with E-state index in [1.165, 1.54) is 3.57 Å². The molecular weight excluding hydrogens is 353 g/mol. The van der Waals surface area contributed by atoms with Crippen LogP contribution in [0.25, 0.3) is 11.4 Å². The monoisotopic (exact) mass is 365 g/mol. The number of aromatic nitrogens is 5. The van der Waals surface area contributed by atoms with Crippen molar-refractivity contribution >= 4 is 22.6 Å². The molecule has 0 radical (unpaired) electrons. The minimum absolute atomic E-state index is 0.676. The van der Waals surface area contributed by atoms with Crippen molar-refractivity contribution in [1.29, 1.82) is 0 Å². The van der Waals surface area contributed by atoms with Crippen molar-refractivity contribution in [3.8, 4) is 11.4 Å². The number of imidazole rings is 1. The van der Waals surface area contributed by atoms with E-state index in [1.54, 1.807) is 4.68 Å². The van der Waals surface area contributed by atoms with Crippen LogP contribution in [-0.4, -0.2) is 24.5 Å². The predicted octanol–water partition coefficient (Wildman–Crippen LogP) is 2.33. The Balaban J connectivity index is 1.92. The highest BCUT2D eigenvalue weighted by molar-refractivity contribution is 14.1. The zero-order valence-electron chi connectivity index (χ0n) is 10.4. The summed E-state index contributed by atoms with van der Waals surface area (Å²) in [7, 11) is 1.87. The van der Waals surface area contributed by atoms with E-state index in [4.69, 9.17) is 0 Å². The topological polar surface area (TPSA) is 48.5 Å². The van der Waals surface area contributed by atoms with E-state index in [-0.39, 0.29) is 0 Å². The molecule has 0 N–H and O–H groups in total. The van der Waals surface area contributed by atoms with Crippen molar-refractivity contribution in [1.82, 2.24) is 24.5 Å². The van der Waals surface area contributed by atoms with Crippen LogP contribution in [0, 0.1) is 3.57 Å². The summed E-state index contributed by atoms with van der Waals surface area (Å²) < 4.78 is 5.00. The molecule has 2 aromatic heterocycles. The van der Waals surface area contributed by atoms with E-state index >= 15 is 0 Å². The minimum atomic E-state index is 0.676. The Morgan fingerprint density at radius 2 is 2.00 bits per heavy atom. The number of halogens is 1. The van der Waals surface area contributed by atoms with Gasteiger partial charge in [0.1, 0.15) is 11.5 Å². The van der Waals surface area contributed by atoms with Crippen molar-refractivity contribution in [2.75, 3.05) is 0 Å². The summed E-state index contributed by atoms with van der Waals surface area (Å²) >= 11 is 2.30. The largest absolute Gasteiger partial charge is 0.325 e. The number of rotatable bonds is 3. The molecule has 5 nitrogen and oxygen atoms in total. The van der Waals surface area contributed by atoms with Gasteiger partial charge in [0.2, 0.25) is 0 Å². The third-order valence-electron chi connectivity index (χ3n) is 2.80. The Morgan fingerprint density at radius 3 is 2.68 bits per heavy atom. The molecule has 0 amide bonds. The van der Waals surface area contributed by atoms with Gasteiger partial charge >= 0.3 is 0 Å². The van der Waals surface area contributed by atoms with Crippen LogP contribution in [0.1, 0.15) is 5.69 Å². The second kappa shape index (κ2) is 5.12. The summed E-state index contributed by atoms with van der Waals surface area (Å²) in [4.78, 5) is 4.42. The van der Waals surface area contributed by atoms with Crippen LogP contribution in [0.3, 0.4) is 0 Å². The average molecular weight is 365 g/mol. The average Bonchev–Trinajstić information content (AvgIpc) is 3.00. The summed E-state index contributed by atoms with van der Waals surface area (Å²) in [5.41, 5.74) is 2.03. The van der Waals surface area contributed by atoms with Gasteiger partial charge in [0.25, 0.3) is 0 Å². The van der Waals surface area contributed by atoms with Gasteiger partial charge < -0.3 is 4.57 Å². The molecule has 0 saturated heterocycles. The van der Waals surface area contributed by atoms with Gasteiger partial charge in [0, 0.05) is 34.8 Å². The fourth-order valence-electron chi connectivity index (χ4n) is 1.94. The van der Waals surface area contributed by atoms with Crippen LogP contribution in [0.5, 0.6) is 0 Å². The summed E-state index contributed by atoms with van der Waals surface area (Å²) in [6.45, 7) is 0.676. The van der Waals surface area contributed by atoms with Crippen molar-refractivity contribution in [2.24, 2.45) is 7.05 Å². The molecule has 96 valence electrons. The second-order valence-corrected chi connectivity index (χ2v) is 5.51. The Hall–Kier alpha value is -1.70. The van der Waals surface area contributed by atoms with Crippen LogP contribution in [0.4, 0.5) is 0 Å². The number of hydrogen-bond donors (Lipinski definition) is 0. The molecule has 0 aliphatic rings. The summed E-state index contributed by atoms with van der Waals surface area (Å²) in [6.07, 6.45) is 5.68. The number of hydrogen-bond acceptors (Lipinski definition) is 3. The molecule has 0 saturated carbocycles. The van der Waals surface area contributed by atoms with Crippen LogP contribution in [-0.2, 0) is 13.6 Å². The van der Waals surface area contributed by atoms with E-state index in [0.29, 0.717) is 6.54 Å². The SMILES string of the molecule is Cn1cc(Cn2ccnc2-c2ccc(I)cc2)nn1. The van der Waals surface area contributed by atoms with Crippen molar-refractivity contribution < 1.29 is 0 Å². The summed E-state index contributed by atoms with van der Waals surface area (Å²) in [5, 5.41) is 8.05. The first-order valence-corrected chi connectivity index (χ1v) is 6.92. The fourth-order valence-corrected chi connectivity index (χ4v) is 2.30. The standard InChI is InChI=1S/C13H12IN5/c1-18-8-12(16-17-18)9-19-7-6-15-13(19)10-2-4-11(14)5-3-10/h2-8H,9H2,1H3. The Bertz CT molecular complexity index is 683. The third-order valence-corrected chi connectivity index (χ3v) is 3.52. The van der Waals surface area contributed by atoms with Gasteiger partial charge in [0.15, 0.2) is 0 Å². The first kappa shape index (κ1) is 12.3. The molecule has 19 heavy (non-hydrogen) atoms. The van der Waals surface area contributed by atoms with E-state index in [2.05, 4.69) is 66.7 Å². The van der Waals surface area contributed by atoms with Crippen molar-refractivity contribution in [3.63, 3.8) is 0 Å². The van der Waals surface area contributed by atoms with Gasteiger partial charge in [-0.05, 0) is 34.7 Å². The number of benzene rings is 1. The van der Waals surface area contributed by atoms with E-state index in [9.17, 15) is 0 Å². The lowest BCUT2D eigenvalue weighted by molar-refractivity contribution is 0.710. The van der Waals surface area contributed by atoms with E-state index in [0.717, 1.165) is 17.1 Å². The van der Waals surface area contributed by atoms with Crippen LogP contribution >= 0.6 is 22.6 Å². The molecule has 0 spiro atoms. The Kier molecular flexibility index (Phi) is 3.33. The third kappa shape index (κ3) is 2.67. The molecule has 0 bridgehead atoms. The minimum Gasteiger partial charge on any atom is -0.325 e. The maximum Gasteiger partial charge on any atom is 0.140 e. The first-order chi connectivity index (χ1) is 9.22. The Morgan fingerprint density at radius 1 is 1.21 bits per heavy atom. The molecule has 0 aliphatic carbocycles. The summed E-state index contributed by atoms with van der Waals surface area (Å²) in [5.74, 6) is 0.946. The Labute approximate surface area is 124 Å². The van der Waals surface area contributed by atoms with Gasteiger partial charge in [-0.15, -0.1) is 5.10 Å². The van der Waals surface area contributed by atoms with Gasteiger partial charge in [-0.2, -0.15) is 0 Å². The molecule has 1 aromatic carbocycles. The van der Waals surface area contributed by atoms with E-state index < -0.39 is 0 Å². The molecule has 2 heterocycles. The van der Waals surface area contributed by atoms with Crippen LogP contribution in [0.15, 0.2) is 42.9 Å². The molecule has 0 aliphatic heterocycles. The lowest BCUT2D eigenvalue weighted by Gasteiger charge is -2.05. The maximum absolute atomic E-state index is 4.42. The number of nitrogens with zero attached hydrogens (tertiary/aromatic N) is 5. The normalized spacial score (nSPS) is 10.8. The van der Waals surface area contributed by atoms with Crippen molar-refractivity contribution in [2.45, 2.75) is 6.54 Å². The van der Waals surface area contributed by atoms with Gasteiger partial charge in [-0.25, -0.2) is 4.98 Å². The smallest absolute Gasteiger partial charge is 0.140 e. The van der Waals surface area contributed by atoms with Crippen molar-refractivity contribution in [3.05, 3.63) is 52.1 Å². The number of aryl methyl sites for hydroxylation is 1. The van der Waals surface area contributed by atoms with E-state index in [1.807, 2.05) is 25.6 Å². The molecule has 0 atom stereocenters. The zero-order chi connectivity index (χ0) is 13.2. The molecule has 6 heteroatoms. The quantitative estimate of drug-likeness (QED) is 0.670. The highest BCUT2D eigenvalue weighted by atomic mass is 127. The van der Waals surface area contributed by atoms with Gasteiger partial charge in [-0.1, -0.05) is 17.3 Å².